The summed E-state index contributed by atoms with van der Waals surface area (Å²) in [6.45, 7) is 0. The molecule has 0 bridgehead atoms. The third-order valence-corrected chi connectivity index (χ3v) is 2.97. The van der Waals surface area contributed by atoms with Crippen molar-refractivity contribution in [2.24, 2.45) is 0 Å². The number of nitrogens with zero attached hydrogens (tertiary/aromatic N) is 1. The molecule has 0 radical (unpaired) electrons. The van der Waals surface area contributed by atoms with Gasteiger partial charge in [-0.05, 0) is 24.3 Å². The van der Waals surface area contributed by atoms with Crippen LogP contribution in [0.15, 0.2) is 36.4 Å². The lowest BCUT2D eigenvalue weighted by molar-refractivity contribution is 0.101. The first-order valence-electron chi connectivity index (χ1n) is 6.06. The maximum Gasteiger partial charge on any atom is 0.264 e. The number of para-hydroxylation sites is 2. The molecule has 4 N–H and O–H groups in total. The number of nitrogens with two attached hydrogens (primary N) is 1. The van der Waals surface area contributed by atoms with Gasteiger partial charge in [0, 0.05) is 0 Å². The van der Waals surface area contributed by atoms with Crippen LogP contribution < -0.4 is 11.1 Å². The number of carbonyl (C=O) groups excluding carboxylic acids is 1. The van der Waals surface area contributed by atoms with Crippen LogP contribution in [-0.2, 0) is 0 Å². The first kappa shape index (κ1) is 13.0. The maximum absolute atomic E-state index is 13.8. The Morgan fingerprint density at radius 2 is 1.95 bits per heavy atom. The average Bonchev–Trinajstić information content (AvgIpc) is 2.85. The van der Waals surface area contributed by atoms with Gasteiger partial charge in [-0.3, -0.25) is 10.1 Å². The number of nitrogen functional groups attached to an aromatic ring is 1. The Morgan fingerprint density at radius 3 is 2.71 bits per heavy atom. The van der Waals surface area contributed by atoms with Gasteiger partial charge >= 0.3 is 0 Å². The Hall–Kier alpha value is -2.96. The summed E-state index contributed by atoms with van der Waals surface area (Å²) in [5.41, 5.74) is 5.62. The summed E-state index contributed by atoms with van der Waals surface area (Å²) in [7, 11) is 0. The lowest BCUT2D eigenvalue weighted by Crippen LogP contribution is -2.17. The Labute approximate surface area is 117 Å². The van der Waals surface area contributed by atoms with Gasteiger partial charge in [0.1, 0.15) is 11.4 Å². The molecule has 0 aliphatic heterocycles. The second kappa shape index (κ2) is 4.86. The molecule has 5 nitrogen and oxygen atoms in total. The van der Waals surface area contributed by atoms with Gasteiger partial charge in [-0.15, -0.1) is 0 Å². The minimum atomic E-state index is -1.09. The van der Waals surface area contributed by atoms with Crippen molar-refractivity contribution in [3.05, 3.63) is 53.6 Å². The van der Waals surface area contributed by atoms with Crippen molar-refractivity contribution in [2.75, 3.05) is 11.1 Å². The number of amides is 1. The lowest BCUT2D eigenvalue weighted by Gasteiger charge is -2.06. The predicted molar refractivity (Wildman–Crippen MR) is 74.8 cm³/mol. The van der Waals surface area contributed by atoms with E-state index in [1.807, 2.05) is 0 Å². The Morgan fingerprint density at radius 1 is 1.19 bits per heavy atom. The molecule has 3 aromatic rings. The Kier molecular flexibility index (Phi) is 3.02. The fourth-order valence-corrected chi connectivity index (χ4v) is 1.96. The molecule has 0 unspecified atom stereocenters. The van der Waals surface area contributed by atoms with E-state index in [9.17, 15) is 13.6 Å². The monoisotopic (exact) mass is 288 g/mol. The molecule has 3 rings (SSSR count). The third kappa shape index (κ3) is 2.29. The van der Waals surface area contributed by atoms with E-state index < -0.39 is 23.1 Å². The summed E-state index contributed by atoms with van der Waals surface area (Å²) >= 11 is 0. The number of carbonyl (C=O) groups is 1. The van der Waals surface area contributed by atoms with Crippen molar-refractivity contribution in [2.45, 2.75) is 0 Å². The Bertz CT molecular complexity index is 811. The molecular weight excluding hydrogens is 278 g/mol. The summed E-state index contributed by atoms with van der Waals surface area (Å²) in [6, 6.07) is 9.08. The van der Waals surface area contributed by atoms with Crippen LogP contribution in [0.1, 0.15) is 10.4 Å². The van der Waals surface area contributed by atoms with Crippen molar-refractivity contribution in [1.82, 2.24) is 9.97 Å². The smallest absolute Gasteiger partial charge is 0.264 e. The van der Waals surface area contributed by atoms with Gasteiger partial charge in [0.05, 0.1) is 16.7 Å². The summed E-state index contributed by atoms with van der Waals surface area (Å²) in [6.07, 6.45) is 0. The summed E-state index contributed by atoms with van der Waals surface area (Å²) in [5, 5.41) is 2.32. The van der Waals surface area contributed by atoms with E-state index in [4.69, 9.17) is 5.73 Å². The predicted octanol–water partition coefficient (Wildman–Crippen LogP) is 2.68. The number of anilines is 2. The Balaban J connectivity index is 1.95. The lowest BCUT2D eigenvalue weighted by atomic mass is 10.1. The van der Waals surface area contributed by atoms with Gasteiger partial charge in [0.25, 0.3) is 5.91 Å². The quantitative estimate of drug-likeness (QED) is 0.634. The number of aromatic amines is 1. The van der Waals surface area contributed by atoms with Crippen LogP contribution in [0.5, 0.6) is 0 Å². The molecule has 0 aliphatic carbocycles. The number of aromatic nitrogens is 2. The highest BCUT2D eigenvalue weighted by atomic mass is 19.1. The van der Waals surface area contributed by atoms with Crippen LogP contribution >= 0.6 is 0 Å². The molecule has 0 atom stereocenters. The summed E-state index contributed by atoms with van der Waals surface area (Å²) in [4.78, 5) is 18.9. The second-order valence-corrected chi connectivity index (χ2v) is 4.38. The minimum absolute atomic E-state index is 0.0995. The molecule has 1 heterocycles. The highest BCUT2D eigenvalue weighted by Crippen LogP contribution is 2.20. The van der Waals surface area contributed by atoms with Crippen LogP contribution in [0, 0.1) is 11.6 Å². The largest absolute Gasteiger partial charge is 0.396 e. The number of benzene rings is 2. The van der Waals surface area contributed by atoms with Crippen molar-refractivity contribution < 1.29 is 13.6 Å². The van der Waals surface area contributed by atoms with E-state index in [2.05, 4.69) is 15.3 Å². The van der Waals surface area contributed by atoms with Gasteiger partial charge in [-0.1, -0.05) is 12.1 Å². The van der Waals surface area contributed by atoms with Crippen LogP contribution in [0.3, 0.4) is 0 Å². The van der Waals surface area contributed by atoms with E-state index in [-0.39, 0.29) is 11.6 Å². The van der Waals surface area contributed by atoms with Gasteiger partial charge in [0.2, 0.25) is 5.95 Å². The van der Waals surface area contributed by atoms with Gasteiger partial charge in [0.15, 0.2) is 5.82 Å². The zero-order valence-corrected chi connectivity index (χ0v) is 10.7. The minimum Gasteiger partial charge on any atom is -0.396 e. The van der Waals surface area contributed by atoms with Gasteiger partial charge in [-0.2, -0.15) is 0 Å². The number of halogens is 2. The van der Waals surface area contributed by atoms with Crippen molar-refractivity contribution >= 4 is 28.6 Å². The number of imidazole rings is 1. The van der Waals surface area contributed by atoms with Crippen molar-refractivity contribution in [1.29, 1.82) is 0 Å². The highest BCUT2D eigenvalue weighted by Gasteiger charge is 2.20. The van der Waals surface area contributed by atoms with Crippen LogP contribution in [-0.4, -0.2) is 15.9 Å². The van der Waals surface area contributed by atoms with Crippen molar-refractivity contribution in [3.63, 3.8) is 0 Å². The average molecular weight is 288 g/mol. The topological polar surface area (TPSA) is 83.8 Å². The first-order valence-corrected chi connectivity index (χ1v) is 6.06. The number of fused-ring (bicyclic) bond motifs is 1. The molecule has 0 spiro atoms. The molecule has 1 amide bonds. The van der Waals surface area contributed by atoms with E-state index in [0.29, 0.717) is 11.0 Å². The zero-order chi connectivity index (χ0) is 15.0. The number of nitrogens with one attached hydrogen (secondary N) is 2. The molecule has 0 fully saturated rings. The molecular formula is C14H10F2N4O. The van der Waals surface area contributed by atoms with Crippen LogP contribution in [0.4, 0.5) is 20.4 Å². The fraction of sp³-hybridized carbons (Fsp3) is 0. The van der Waals surface area contributed by atoms with Gasteiger partial charge in [-0.25, -0.2) is 13.8 Å². The molecule has 1 aromatic heterocycles. The molecule has 2 aromatic carbocycles. The first-order chi connectivity index (χ1) is 10.1. The molecule has 106 valence electrons. The number of hydrogen-bond acceptors (Lipinski definition) is 3. The van der Waals surface area contributed by atoms with E-state index >= 15 is 0 Å². The standard InChI is InChI=1S/C14H10F2N4O/c15-7-5-6-8(17)12(16)11(7)13(21)20-14-18-9-3-1-2-4-10(9)19-14/h1-6H,17H2,(H2,18,19,20,21). The van der Waals surface area contributed by atoms with Crippen LogP contribution in [0.25, 0.3) is 11.0 Å². The second-order valence-electron chi connectivity index (χ2n) is 4.38. The molecule has 0 saturated carbocycles. The molecule has 0 aliphatic rings. The number of hydrogen-bond donors (Lipinski definition) is 3. The van der Waals surface area contributed by atoms with Crippen LogP contribution in [0.2, 0.25) is 0 Å². The molecule has 7 heteroatoms. The van der Waals surface area contributed by atoms with Gasteiger partial charge < -0.3 is 10.7 Å². The number of H-pyrrole nitrogens is 1. The summed E-state index contributed by atoms with van der Waals surface area (Å²) < 4.78 is 27.4. The maximum atomic E-state index is 13.8. The highest BCUT2D eigenvalue weighted by molar-refractivity contribution is 6.04. The van der Waals surface area contributed by atoms with E-state index in [1.165, 1.54) is 0 Å². The molecule has 0 saturated heterocycles. The van der Waals surface area contributed by atoms with Crippen molar-refractivity contribution in [3.8, 4) is 0 Å². The molecule has 21 heavy (non-hydrogen) atoms. The normalized spacial score (nSPS) is 10.8. The van der Waals surface area contributed by atoms with E-state index in [1.54, 1.807) is 24.3 Å². The summed E-state index contributed by atoms with van der Waals surface area (Å²) in [5.74, 6) is -2.95. The van der Waals surface area contributed by atoms with E-state index in [0.717, 1.165) is 12.1 Å². The number of rotatable bonds is 2. The fourth-order valence-electron chi connectivity index (χ4n) is 1.96. The third-order valence-electron chi connectivity index (χ3n) is 2.97. The SMILES string of the molecule is Nc1ccc(F)c(C(=O)Nc2nc3ccccc3[nH]2)c1F. The zero-order valence-electron chi connectivity index (χ0n) is 10.7.